The summed E-state index contributed by atoms with van der Waals surface area (Å²) >= 11 is 6.90. The van der Waals surface area contributed by atoms with E-state index in [2.05, 4.69) is 0 Å². The monoisotopic (exact) mass is 362 g/mol. The van der Waals surface area contributed by atoms with Crippen molar-refractivity contribution in [2.45, 2.75) is 0 Å². The third-order valence-electron chi connectivity index (χ3n) is 3.35. The number of likely N-dealkylation sites (N-methyl/N-ethyl adjacent to an activating group) is 1. The fourth-order valence-electron chi connectivity index (χ4n) is 2.09. The zero-order chi connectivity index (χ0) is 17.4. The molecule has 1 aromatic heterocycles. The maximum Gasteiger partial charge on any atom is 0.293 e. The van der Waals surface area contributed by atoms with Crippen LogP contribution in [0.4, 0.5) is 4.79 Å². The Morgan fingerprint density at radius 3 is 2.67 bits per heavy atom. The van der Waals surface area contributed by atoms with Crippen molar-refractivity contribution in [1.82, 2.24) is 4.90 Å². The quantitative estimate of drug-likeness (QED) is 0.779. The van der Waals surface area contributed by atoms with E-state index in [9.17, 15) is 19.5 Å². The Morgan fingerprint density at radius 2 is 2.04 bits per heavy atom. The molecular weight excluding hydrogens is 354 g/mol. The normalized spacial score (nSPS) is 16.2. The maximum atomic E-state index is 11.9. The Balaban J connectivity index is 1.95. The predicted octanol–water partition coefficient (Wildman–Crippen LogP) is 2.63. The van der Waals surface area contributed by atoms with Crippen molar-refractivity contribution >= 4 is 46.6 Å². The molecule has 0 radical (unpaired) electrons. The van der Waals surface area contributed by atoms with Gasteiger partial charge in [0.05, 0.1) is 15.9 Å². The average molecular weight is 363 g/mol. The van der Waals surface area contributed by atoms with Crippen molar-refractivity contribution in [2.75, 3.05) is 7.05 Å². The highest BCUT2D eigenvalue weighted by Crippen LogP contribution is 2.34. The molecule has 2 heterocycles. The number of rotatable bonds is 3. The lowest BCUT2D eigenvalue weighted by molar-refractivity contribution is -0.255. The molecule has 1 aliphatic heterocycles. The minimum absolute atomic E-state index is 0.0283. The van der Waals surface area contributed by atoms with Crippen LogP contribution in [-0.4, -0.2) is 29.1 Å². The minimum atomic E-state index is -1.32. The summed E-state index contributed by atoms with van der Waals surface area (Å²) in [4.78, 5) is 35.5. The first kappa shape index (κ1) is 16.4. The van der Waals surface area contributed by atoms with Crippen LogP contribution in [0, 0.1) is 0 Å². The highest BCUT2D eigenvalue weighted by molar-refractivity contribution is 8.18. The lowest BCUT2D eigenvalue weighted by Gasteiger charge is -2.06. The fourth-order valence-corrected chi connectivity index (χ4v) is 3.11. The first-order chi connectivity index (χ1) is 11.4. The van der Waals surface area contributed by atoms with E-state index in [4.69, 9.17) is 16.0 Å². The molecule has 0 aliphatic carbocycles. The second kappa shape index (κ2) is 6.18. The molecule has 2 aromatic rings. The first-order valence-corrected chi connectivity index (χ1v) is 7.89. The lowest BCUT2D eigenvalue weighted by atomic mass is 10.1. The van der Waals surface area contributed by atoms with Gasteiger partial charge in [-0.1, -0.05) is 17.7 Å². The summed E-state index contributed by atoms with van der Waals surface area (Å²) in [5.74, 6) is -1.04. The molecule has 24 heavy (non-hydrogen) atoms. The number of carbonyl (C=O) groups excluding carboxylic acids is 3. The van der Waals surface area contributed by atoms with Crippen LogP contribution in [0.2, 0.25) is 5.02 Å². The van der Waals surface area contributed by atoms with E-state index in [1.807, 2.05) is 0 Å². The number of nitrogens with zero attached hydrogens (tertiary/aromatic N) is 1. The Hall–Kier alpha value is -2.51. The first-order valence-electron chi connectivity index (χ1n) is 6.69. The highest BCUT2D eigenvalue weighted by Gasteiger charge is 2.32. The van der Waals surface area contributed by atoms with Crippen molar-refractivity contribution < 1.29 is 23.9 Å². The molecule has 2 amide bonds. The van der Waals surface area contributed by atoms with E-state index in [1.54, 1.807) is 12.1 Å². The minimum Gasteiger partial charge on any atom is -0.545 e. The van der Waals surface area contributed by atoms with Crippen LogP contribution >= 0.6 is 23.4 Å². The number of amides is 2. The van der Waals surface area contributed by atoms with Gasteiger partial charge in [-0.3, -0.25) is 14.5 Å². The molecule has 122 valence electrons. The Bertz CT molecular complexity index is 902. The third-order valence-corrected chi connectivity index (χ3v) is 4.64. The Kier molecular flexibility index (Phi) is 4.21. The number of carbonyl (C=O) groups is 3. The summed E-state index contributed by atoms with van der Waals surface area (Å²) in [7, 11) is 1.40. The van der Waals surface area contributed by atoms with Crippen LogP contribution in [0.1, 0.15) is 16.1 Å². The van der Waals surface area contributed by atoms with Gasteiger partial charge in [-0.05, 0) is 41.6 Å². The molecule has 1 fully saturated rings. The zero-order valence-corrected chi connectivity index (χ0v) is 13.8. The predicted molar refractivity (Wildman–Crippen MR) is 87.2 cm³/mol. The van der Waals surface area contributed by atoms with Gasteiger partial charge in [0.25, 0.3) is 11.1 Å². The number of hydrogen-bond donors (Lipinski definition) is 0. The second-order valence-electron chi connectivity index (χ2n) is 4.92. The van der Waals surface area contributed by atoms with Gasteiger partial charge in [-0.15, -0.1) is 0 Å². The smallest absolute Gasteiger partial charge is 0.293 e. The van der Waals surface area contributed by atoms with Gasteiger partial charge in [0.15, 0.2) is 0 Å². The molecule has 0 bridgehead atoms. The summed E-state index contributed by atoms with van der Waals surface area (Å²) < 4.78 is 5.60. The van der Waals surface area contributed by atoms with E-state index in [0.717, 1.165) is 16.7 Å². The van der Waals surface area contributed by atoms with Crippen LogP contribution in [0.5, 0.6) is 0 Å². The summed E-state index contributed by atoms with van der Waals surface area (Å²) in [6, 6.07) is 7.32. The summed E-state index contributed by atoms with van der Waals surface area (Å²) in [5, 5.41) is 10.9. The molecule has 1 saturated heterocycles. The summed E-state index contributed by atoms with van der Waals surface area (Å²) in [5.41, 5.74) is 0.362. The van der Waals surface area contributed by atoms with Crippen LogP contribution < -0.4 is 5.11 Å². The Morgan fingerprint density at radius 1 is 1.29 bits per heavy atom. The molecule has 8 heteroatoms. The van der Waals surface area contributed by atoms with Gasteiger partial charge in [0.1, 0.15) is 11.5 Å². The van der Waals surface area contributed by atoms with Crippen molar-refractivity contribution in [2.24, 2.45) is 0 Å². The molecule has 0 saturated carbocycles. The van der Waals surface area contributed by atoms with Crippen molar-refractivity contribution in [3.63, 3.8) is 0 Å². The molecular formula is C16H9ClNO5S-. The summed E-state index contributed by atoms with van der Waals surface area (Å²) in [6.45, 7) is 0. The zero-order valence-electron chi connectivity index (χ0n) is 12.2. The highest BCUT2D eigenvalue weighted by atomic mass is 35.5. The van der Waals surface area contributed by atoms with Crippen LogP contribution in [-0.2, 0) is 4.79 Å². The SMILES string of the molecule is CN1C(=O)S/C(=C/c2ccc(-c3cc(C(=O)[O-])ccc3Cl)o2)C1=O. The van der Waals surface area contributed by atoms with Crippen LogP contribution in [0.25, 0.3) is 17.4 Å². The van der Waals surface area contributed by atoms with Gasteiger partial charge < -0.3 is 14.3 Å². The van der Waals surface area contributed by atoms with Gasteiger partial charge in [0, 0.05) is 18.7 Å². The molecule has 1 aliphatic rings. The number of thioether (sulfide) groups is 1. The molecule has 1 aromatic carbocycles. The van der Waals surface area contributed by atoms with Crippen molar-refractivity contribution in [1.29, 1.82) is 0 Å². The summed E-state index contributed by atoms with van der Waals surface area (Å²) in [6.07, 6.45) is 1.45. The van der Waals surface area contributed by atoms with Crippen molar-refractivity contribution in [3.05, 3.63) is 51.6 Å². The van der Waals surface area contributed by atoms with Crippen LogP contribution in [0.15, 0.2) is 39.7 Å². The largest absolute Gasteiger partial charge is 0.545 e. The van der Waals surface area contributed by atoms with Crippen LogP contribution in [0.3, 0.4) is 0 Å². The number of aromatic carboxylic acids is 1. The van der Waals surface area contributed by atoms with E-state index < -0.39 is 11.9 Å². The lowest BCUT2D eigenvalue weighted by Crippen LogP contribution is -2.22. The number of halogens is 1. The number of carboxylic acid groups (broad SMARTS) is 1. The molecule has 0 spiro atoms. The second-order valence-corrected chi connectivity index (χ2v) is 6.33. The van der Waals surface area contributed by atoms with E-state index in [1.165, 1.54) is 31.3 Å². The number of benzene rings is 1. The molecule has 3 rings (SSSR count). The fraction of sp³-hybridized carbons (Fsp3) is 0.0625. The van der Waals surface area contributed by atoms with E-state index in [0.29, 0.717) is 22.1 Å². The molecule has 6 nitrogen and oxygen atoms in total. The van der Waals surface area contributed by atoms with Gasteiger partial charge in [-0.25, -0.2) is 0 Å². The molecule has 0 N–H and O–H groups in total. The van der Waals surface area contributed by atoms with Gasteiger partial charge >= 0.3 is 0 Å². The van der Waals surface area contributed by atoms with Crippen molar-refractivity contribution in [3.8, 4) is 11.3 Å². The number of carboxylic acids is 1. The maximum absolute atomic E-state index is 11.9. The number of furan rings is 1. The third kappa shape index (κ3) is 2.95. The number of imide groups is 1. The van der Waals surface area contributed by atoms with E-state index >= 15 is 0 Å². The average Bonchev–Trinajstić information content (AvgIpc) is 3.09. The molecule has 0 unspecified atom stereocenters. The molecule has 0 atom stereocenters. The standard InChI is InChI=1S/C16H10ClNO5S/c1-18-14(19)13(24-16(18)22)7-9-3-5-12(23-9)10-6-8(15(20)21)2-4-11(10)17/h2-7H,1H3,(H,20,21)/p-1/b13-7+. The van der Waals surface area contributed by atoms with Gasteiger partial charge in [-0.2, -0.15) is 0 Å². The Labute approximate surface area is 145 Å². The topological polar surface area (TPSA) is 90.7 Å². The number of hydrogen-bond acceptors (Lipinski definition) is 6. The van der Waals surface area contributed by atoms with Gasteiger partial charge in [0.2, 0.25) is 0 Å². The van der Waals surface area contributed by atoms with E-state index in [-0.39, 0.29) is 15.7 Å².